The monoisotopic (exact) mass is 255 g/mol. The molecule has 3 unspecified atom stereocenters. The van der Waals surface area contributed by atoms with Gasteiger partial charge in [-0.05, 0) is 31.0 Å². The standard InChI is InChI=1S/C13H18ClNO2/c1-8-10(5-6-17-8)13(15)9-3-4-12(16-2)11(14)7-9/h3-4,7-8,10,13H,5-6,15H2,1-2H3. The summed E-state index contributed by atoms with van der Waals surface area (Å²) in [5.74, 6) is 1.04. The summed E-state index contributed by atoms with van der Waals surface area (Å²) in [7, 11) is 1.60. The Hall–Kier alpha value is -0.770. The summed E-state index contributed by atoms with van der Waals surface area (Å²) in [6.07, 6.45) is 1.22. The third-order valence-electron chi connectivity index (χ3n) is 3.46. The normalized spacial score (nSPS) is 25.9. The summed E-state index contributed by atoms with van der Waals surface area (Å²) in [6.45, 7) is 2.87. The highest BCUT2D eigenvalue weighted by Crippen LogP contribution is 2.34. The lowest BCUT2D eigenvalue weighted by atomic mass is 9.89. The second kappa shape index (κ2) is 5.25. The van der Waals surface area contributed by atoms with Crippen molar-refractivity contribution in [2.24, 2.45) is 11.7 Å². The van der Waals surface area contributed by atoms with Crippen molar-refractivity contribution in [3.63, 3.8) is 0 Å². The van der Waals surface area contributed by atoms with Gasteiger partial charge in [0.25, 0.3) is 0 Å². The predicted molar refractivity (Wildman–Crippen MR) is 68.5 cm³/mol. The quantitative estimate of drug-likeness (QED) is 0.903. The van der Waals surface area contributed by atoms with Crippen molar-refractivity contribution >= 4 is 11.6 Å². The van der Waals surface area contributed by atoms with Gasteiger partial charge >= 0.3 is 0 Å². The summed E-state index contributed by atoms with van der Waals surface area (Å²) in [5.41, 5.74) is 7.31. The summed E-state index contributed by atoms with van der Waals surface area (Å²) in [6, 6.07) is 5.69. The molecule has 1 heterocycles. The van der Waals surface area contributed by atoms with Gasteiger partial charge in [-0.25, -0.2) is 0 Å². The molecule has 1 aromatic rings. The zero-order chi connectivity index (χ0) is 12.4. The Labute approximate surface area is 107 Å². The number of methoxy groups -OCH3 is 1. The number of hydrogen-bond acceptors (Lipinski definition) is 3. The highest BCUT2D eigenvalue weighted by molar-refractivity contribution is 6.32. The molecule has 2 N–H and O–H groups in total. The number of ether oxygens (including phenoxy) is 2. The van der Waals surface area contributed by atoms with Crippen LogP contribution >= 0.6 is 11.6 Å². The van der Waals surface area contributed by atoms with Gasteiger partial charge in [-0.3, -0.25) is 0 Å². The van der Waals surface area contributed by atoms with Crippen LogP contribution in [-0.2, 0) is 4.74 Å². The third kappa shape index (κ3) is 2.57. The molecule has 0 aliphatic carbocycles. The fourth-order valence-electron chi connectivity index (χ4n) is 2.36. The van der Waals surface area contributed by atoms with Gasteiger partial charge in [0.15, 0.2) is 0 Å². The predicted octanol–water partition coefficient (Wildman–Crippen LogP) is 2.77. The number of halogens is 1. The molecule has 2 rings (SSSR count). The third-order valence-corrected chi connectivity index (χ3v) is 3.75. The van der Waals surface area contributed by atoms with E-state index >= 15 is 0 Å². The van der Waals surface area contributed by atoms with E-state index < -0.39 is 0 Å². The van der Waals surface area contributed by atoms with Crippen molar-refractivity contribution < 1.29 is 9.47 Å². The second-order valence-corrected chi connectivity index (χ2v) is 4.86. The topological polar surface area (TPSA) is 44.5 Å². The van der Waals surface area contributed by atoms with Crippen LogP contribution in [0.3, 0.4) is 0 Å². The van der Waals surface area contributed by atoms with Crippen LogP contribution in [0, 0.1) is 5.92 Å². The Bertz CT molecular complexity index is 397. The summed E-state index contributed by atoms with van der Waals surface area (Å²) < 4.78 is 10.7. The molecule has 0 radical (unpaired) electrons. The van der Waals surface area contributed by atoms with Gasteiger partial charge in [-0.2, -0.15) is 0 Å². The van der Waals surface area contributed by atoms with Crippen LogP contribution in [0.4, 0.5) is 0 Å². The summed E-state index contributed by atoms with van der Waals surface area (Å²) in [4.78, 5) is 0. The van der Waals surface area contributed by atoms with Crippen LogP contribution < -0.4 is 10.5 Å². The van der Waals surface area contributed by atoms with Crippen molar-refractivity contribution in [1.29, 1.82) is 0 Å². The van der Waals surface area contributed by atoms with E-state index in [1.165, 1.54) is 0 Å². The maximum atomic E-state index is 6.27. The van der Waals surface area contributed by atoms with Gasteiger partial charge in [0.05, 0.1) is 18.2 Å². The minimum Gasteiger partial charge on any atom is -0.495 e. The molecule has 4 heteroatoms. The fourth-order valence-corrected chi connectivity index (χ4v) is 2.62. The summed E-state index contributed by atoms with van der Waals surface area (Å²) >= 11 is 6.10. The zero-order valence-corrected chi connectivity index (χ0v) is 10.9. The first-order valence-electron chi connectivity index (χ1n) is 5.84. The molecule has 1 fully saturated rings. The zero-order valence-electron chi connectivity index (χ0n) is 10.2. The average molecular weight is 256 g/mol. The van der Waals surface area contributed by atoms with Crippen molar-refractivity contribution in [2.75, 3.05) is 13.7 Å². The first kappa shape index (κ1) is 12.7. The van der Waals surface area contributed by atoms with Crippen LogP contribution in [0.1, 0.15) is 24.9 Å². The minimum atomic E-state index is -0.0316. The van der Waals surface area contributed by atoms with E-state index in [9.17, 15) is 0 Å². The second-order valence-electron chi connectivity index (χ2n) is 4.45. The minimum absolute atomic E-state index is 0.0316. The molecule has 3 nitrogen and oxygen atoms in total. The number of nitrogens with two attached hydrogens (primary N) is 1. The van der Waals surface area contributed by atoms with Crippen LogP contribution in [0.2, 0.25) is 5.02 Å². The first-order valence-corrected chi connectivity index (χ1v) is 6.22. The molecule has 0 saturated carbocycles. The Morgan fingerprint density at radius 1 is 1.53 bits per heavy atom. The Morgan fingerprint density at radius 2 is 2.29 bits per heavy atom. The Morgan fingerprint density at radius 3 is 2.82 bits per heavy atom. The van der Waals surface area contributed by atoms with Crippen molar-refractivity contribution in [2.45, 2.75) is 25.5 Å². The molecule has 0 spiro atoms. The molecular weight excluding hydrogens is 238 g/mol. The van der Waals surface area contributed by atoms with E-state index in [0.717, 1.165) is 18.6 Å². The van der Waals surface area contributed by atoms with Crippen LogP contribution in [-0.4, -0.2) is 19.8 Å². The number of hydrogen-bond donors (Lipinski definition) is 1. The maximum absolute atomic E-state index is 6.27. The number of benzene rings is 1. The van der Waals surface area contributed by atoms with E-state index in [2.05, 4.69) is 6.92 Å². The SMILES string of the molecule is COc1ccc(C(N)C2CCOC2C)cc1Cl. The van der Waals surface area contributed by atoms with Crippen LogP contribution in [0.5, 0.6) is 5.75 Å². The van der Waals surface area contributed by atoms with Gasteiger partial charge in [0, 0.05) is 18.6 Å². The Balaban J connectivity index is 2.19. The average Bonchev–Trinajstić information content (AvgIpc) is 2.74. The Kier molecular flexibility index (Phi) is 3.92. The van der Waals surface area contributed by atoms with Crippen LogP contribution in [0.15, 0.2) is 18.2 Å². The smallest absolute Gasteiger partial charge is 0.137 e. The first-order chi connectivity index (χ1) is 8.13. The lowest BCUT2D eigenvalue weighted by Gasteiger charge is -2.22. The molecule has 1 aromatic carbocycles. The van der Waals surface area contributed by atoms with E-state index in [4.69, 9.17) is 26.8 Å². The van der Waals surface area contributed by atoms with E-state index in [-0.39, 0.29) is 12.1 Å². The molecule has 1 aliphatic rings. The van der Waals surface area contributed by atoms with Crippen molar-refractivity contribution in [1.82, 2.24) is 0 Å². The molecule has 0 aromatic heterocycles. The van der Waals surface area contributed by atoms with Gasteiger partial charge in [-0.1, -0.05) is 17.7 Å². The maximum Gasteiger partial charge on any atom is 0.137 e. The van der Waals surface area contributed by atoms with Crippen molar-refractivity contribution in [3.05, 3.63) is 28.8 Å². The lowest BCUT2D eigenvalue weighted by molar-refractivity contribution is 0.0995. The van der Waals surface area contributed by atoms with Gasteiger partial charge in [-0.15, -0.1) is 0 Å². The molecule has 0 bridgehead atoms. The molecule has 17 heavy (non-hydrogen) atoms. The largest absolute Gasteiger partial charge is 0.495 e. The van der Waals surface area contributed by atoms with Gasteiger partial charge < -0.3 is 15.2 Å². The van der Waals surface area contributed by atoms with E-state index in [0.29, 0.717) is 16.7 Å². The van der Waals surface area contributed by atoms with Gasteiger partial charge in [0.1, 0.15) is 5.75 Å². The molecule has 1 saturated heterocycles. The molecule has 3 atom stereocenters. The molecular formula is C13H18ClNO2. The van der Waals surface area contributed by atoms with Gasteiger partial charge in [0.2, 0.25) is 0 Å². The van der Waals surface area contributed by atoms with Crippen molar-refractivity contribution in [3.8, 4) is 5.75 Å². The van der Waals surface area contributed by atoms with Crippen LogP contribution in [0.25, 0.3) is 0 Å². The van der Waals surface area contributed by atoms with E-state index in [1.54, 1.807) is 7.11 Å². The number of rotatable bonds is 3. The molecule has 0 amide bonds. The molecule has 1 aliphatic heterocycles. The highest BCUT2D eigenvalue weighted by Gasteiger charge is 2.30. The fraction of sp³-hybridized carbons (Fsp3) is 0.538. The molecule has 94 valence electrons. The lowest BCUT2D eigenvalue weighted by Crippen LogP contribution is -2.26. The highest BCUT2D eigenvalue weighted by atomic mass is 35.5. The summed E-state index contributed by atoms with van der Waals surface area (Å²) in [5, 5.41) is 0.604. The van der Waals surface area contributed by atoms with E-state index in [1.807, 2.05) is 18.2 Å².